The molecule has 11 nitrogen and oxygen atoms in total. The summed E-state index contributed by atoms with van der Waals surface area (Å²) >= 11 is 0. The lowest BCUT2D eigenvalue weighted by atomic mass is 9.97. The average molecular weight is 405 g/mol. The summed E-state index contributed by atoms with van der Waals surface area (Å²) in [5, 5.41) is 0. The Morgan fingerprint density at radius 1 is 1.52 bits per heavy atom. The fourth-order valence-corrected chi connectivity index (χ4v) is 4.03. The Hall–Kier alpha value is -2.05. The van der Waals surface area contributed by atoms with Crippen molar-refractivity contribution >= 4 is 25.4 Å². The molecule has 2 aliphatic heterocycles. The van der Waals surface area contributed by atoms with Crippen LogP contribution >= 0.6 is 8.25 Å². The van der Waals surface area contributed by atoms with Crippen molar-refractivity contribution in [1.82, 2.24) is 19.5 Å². The first kappa shape index (κ1) is 18.3. The molecule has 0 aromatic carbocycles. The Kier molecular flexibility index (Phi) is 4.24. The lowest BCUT2D eigenvalue weighted by Crippen LogP contribution is -2.49. The van der Waals surface area contributed by atoms with Crippen LogP contribution < -0.4 is 16.0 Å². The van der Waals surface area contributed by atoms with Crippen LogP contribution in [0, 0.1) is 0 Å². The quantitative estimate of drug-likeness (QED) is 0.438. The molecule has 0 amide bonds. The Labute approximate surface area is 152 Å². The average Bonchev–Trinajstić information content (AvgIpc) is 3.13. The van der Waals surface area contributed by atoms with Crippen molar-refractivity contribution in [2.24, 2.45) is 5.84 Å². The molecule has 146 valence electrons. The Balaban J connectivity index is 1.82. The number of halogens is 2. The number of nitrogen functional groups attached to an aromatic ring is 1. The normalized spacial score (nSPS) is 34.6. The molecule has 2 fully saturated rings. The van der Waals surface area contributed by atoms with Gasteiger partial charge in [-0.25, -0.2) is 19.6 Å². The molecule has 0 saturated carbocycles. The standard InChI is InChI=1S/C13H16F2N6O5P/c1-3-23-8-6-7(18-11(19-8)20-16)21(5-17-6)10-12(2,14)9-13(15,25-10)4-24-27(22)26-9/h5,9-10H,3-4,16H2,1-2H3,(H,18,19,20)/q+1/t9-,10+,12+,13+/m0/s1. The van der Waals surface area contributed by atoms with Gasteiger partial charge in [-0.15, -0.1) is 9.05 Å². The van der Waals surface area contributed by atoms with Crippen molar-refractivity contribution in [3.05, 3.63) is 6.33 Å². The van der Waals surface area contributed by atoms with Crippen LogP contribution in [-0.4, -0.2) is 50.4 Å². The number of aromatic nitrogens is 4. The van der Waals surface area contributed by atoms with Crippen LogP contribution in [0.2, 0.25) is 0 Å². The van der Waals surface area contributed by atoms with E-state index < -0.39 is 38.7 Å². The predicted octanol–water partition coefficient (Wildman–Crippen LogP) is 1.51. The van der Waals surface area contributed by atoms with Gasteiger partial charge < -0.3 is 9.47 Å². The third kappa shape index (κ3) is 2.74. The van der Waals surface area contributed by atoms with Gasteiger partial charge in [-0.3, -0.25) is 9.99 Å². The highest BCUT2D eigenvalue weighted by Gasteiger charge is 2.72. The highest BCUT2D eigenvalue weighted by molar-refractivity contribution is 7.33. The van der Waals surface area contributed by atoms with E-state index >= 15 is 8.78 Å². The van der Waals surface area contributed by atoms with Crippen LogP contribution in [0.25, 0.3) is 11.2 Å². The lowest BCUT2D eigenvalue weighted by Gasteiger charge is -2.25. The molecule has 2 saturated heterocycles. The van der Waals surface area contributed by atoms with Crippen LogP contribution in [0.1, 0.15) is 20.1 Å². The molecule has 0 radical (unpaired) electrons. The lowest BCUT2D eigenvalue weighted by molar-refractivity contribution is -0.211. The highest BCUT2D eigenvalue weighted by atomic mass is 31.1. The van der Waals surface area contributed by atoms with Crippen molar-refractivity contribution < 1.29 is 31.9 Å². The van der Waals surface area contributed by atoms with Crippen molar-refractivity contribution in [2.75, 3.05) is 18.6 Å². The van der Waals surface area contributed by atoms with Crippen molar-refractivity contribution in [2.45, 2.75) is 37.7 Å². The van der Waals surface area contributed by atoms with Gasteiger partial charge in [0, 0.05) is 4.57 Å². The molecule has 14 heteroatoms. The summed E-state index contributed by atoms with van der Waals surface area (Å²) in [6.45, 7) is 2.38. The monoisotopic (exact) mass is 405 g/mol. The van der Waals surface area contributed by atoms with Crippen LogP contribution in [0.15, 0.2) is 6.33 Å². The van der Waals surface area contributed by atoms with Gasteiger partial charge in [0.1, 0.15) is 0 Å². The molecular weight excluding hydrogens is 389 g/mol. The fourth-order valence-electron chi connectivity index (χ4n) is 3.16. The van der Waals surface area contributed by atoms with E-state index in [1.54, 1.807) is 6.92 Å². The zero-order chi connectivity index (χ0) is 19.4. The molecule has 0 spiro atoms. The molecule has 2 aliphatic rings. The molecule has 2 aromatic heterocycles. The molecule has 3 N–H and O–H groups in total. The van der Waals surface area contributed by atoms with Crippen LogP contribution in [0.4, 0.5) is 14.7 Å². The SMILES string of the molecule is CCOc1nc(NN)nc2c1ncn2[C@@H]1O[C@]2(F)CO[P+](=O)O[C@H]2[C@@]1(C)F. The number of hydrogen-bond donors (Lipinski definition) is 2. The summed E-state index contributed by atoms with van der Waals surface area (Å²) in [6.07, 6.45) is -2.07. The zero-order valence-electron chi connectivity index (χ0n) is 14.3. The minimum atomic E-state index is -2.65. The number of alkyl halides is 2. The molecule has 5 atom stereocenters. The smallest absolute Gasteiger partial charge is 0.476 e. The third-order valence-electron chi connectivity index (χ3n) is 4.31. The number of hydrogen-bond acceptors (Lipinski definition) is 10. The molecule has 0 aliphatic carbocycles. The maximum absolute atomic E-state index is 15.5. The first-order valence-corrected chi connectivity index (χ1v) is 9.06. The summed E-state index contributed by atoms with van der Waals surface area (Å²) in [5.74, 6) is 2.84. The van der Waals surface area contributed by atoms with Gasteiger partial charge in [-0.1, -0.05) is 0 Å². The summed E-state index contributed by atoms with van der Waals surface area (Å²) in [6, 6.07) is 0. The van der Waals surface area contributed by atoms with Crippen molar-refractivity contribution in [3.63, 3.8) is 0 Å². The van der Waals surface area contributed by atoms with E-state index in [1.165, 1.54) is 10.9 Å². The molecule has 4 rings (SSSR count). The molecular formula is C13H16F2N6O5P+. The van der Waals surface area contributed by atoms with Gasteiger partial charge in [-0.2, -0.15) is 9.97 Å². The van der Waals surface area contributed by atoms with Gasteiger partial charge in [-0.05, 0) is 13.8 Å². The number of anilines is 1. The van der Waals surface area contributed by atoms with Gasteiger partial charge in [0.05, 0.1) is 12.9 Å². The number of rotatable bonds is 4. The number of nitrogens with two attached hydrogens (primary N) is 1. The summed E-state index contributed by atoms with van der Waals surface area (Å²) in [5.41, 5.74) is 0.171. The fraction of sp³-hybridized carbons (Fsp3) is 0.615. The van der Waals surface area contributed by atoms with Crippen LogP contribution in [0.5, 0.6) is 5.88 Å². The van der Waals surface area contributed by atoms with E-state index in [2.05, 4.69) is 24.9 Å². The minimum absolute atomic E-state index is 0.0127. The first-order chi connectivity index (χ1) is 12.8. The van der Waals surface area contributed by atoms with E-state index in [-0.39, 0.29) is 29.6 Å². The van der Waals surface area contributed by atoms with E-state index in [1.807, 2.05) is 0 Å². The van der Waals surface area contributed by atoms with E-state index in [0.717, 1.165) is 6.92 Å². The molecule has 0 bridgehead atoms. The van der Waals surface area contributed by atoms with E-state index in [4.69, 9.17) is 19.8 Å². The van der Waals surface area contributed by atoms with E-state index in [9.17, 15) is 4.57 Å². The van der Waals surface area contributed by atoms with Crippen molar-refractivity contribution in [1.29, 1.82) is 0 Å². The van der Waals surface area contributed by atoms with Crippen molar-refractivity contribution in [3.8, 4) is 5.88 Å². The van der Waals surface area contributed by atoms with Gasteiger partial charge in [0.15, 0.2) is 29.7 Å². The van der Waals surface area contributed by atoms with E-state index in [0.29, 0.717) is 0 Å². The first-order valence-electron chi connectivity index (χ1n) is 7.96. The highest BCUT2D eigenvalue weighted by Crippen LogP contribution is 2.55. The molecule has 1 unspecified atom stereocenters. The number of imidazole rings is 1. The Morgan fingerprint density at radius 3 is 3.00 bits per heavy atom. The number of ether oxygens (including phenoxy) is 2. The second-order valence-electron chi connectivity index (χ2n) is 6.14. The van der Waals surface area contributed by atoms with Crippen LogP contribution in [-0.2, 0) is 18.3 Å². The maximum Gasteiger partial charge on any atom is 0.698 e. The topological polar surface area (TPSA) is 136 Å². The second-order valence-corrected chi connectivity index (χ2v) is 7.06. The second kappa shape index (κ2) is 6.24. The summed E-state index contributed by atoms with van der Waals surface area (Å²) in [4.78, 5) is 12.3. The number of nitrogens with one attached hydrogen (secondary N) is 1. The van der Waals surface area contributed by atoms with Gasteiger partial charge >= 0.3 is 8.25 Å². The molecule has 4 heterocycles. The maximum atomic E-state index is 15.5. The van der Waals surface area contributed by atoms with Crippen LogP contribution in [0.3, 0.4) is 0 Å². The Bertz CT molecular complexity index is 913. The molecule has 2 aromatic rings. The zero-order valence-corrected chi connectivity index (χ0v) is 15.2. The minimum Gasteiger partial charge on any atom is -0.476 e. The summed E-state index contributed by atoms with van der Waals surface area (Å²) in [7, 11) is -2.65. The molecule has 27 heavy (non-hydrogen) atoms. The third-order valence-corrected chi connectivity index (χ3v) is 5.03. The largest absolute Gasteiger partial charge is 0.698 e. The number of hydrazine groups is 1. The Morgan fingerprint density at radius 2 is 2.30 bits per heavy atom. The van der Waals surface area contributed by atoms with Gasteiger partial charge in [0.2, 0.25) is 17.9 Å². The number of nitrogens with zero attached hydrogens (tertiary/aromatic N) is 4. The predicted molar refractivity (Wildman–Crippen MR) is 86.2 cm³/mol. The van der Waals surface area contributed by atoms with Gasteiger partial charge in [0.25, 0.3) is 5.85 Å². The summed E-state index contributed by atoms with van der Waals surface area (Å²) < 4.78 is 63.4. The number of fused-ring (bicyclic) bond motifs is 2.